The summed E-state index contributed by atoms with van der Waals surface area (Å²) in [5, 5.41) is 2.93. The van der Waals surface area contributed by atoms with Crippen LogP contribution in [0.25, 0.3) is 0 Å². The van der Waals surface area contributed by atoms with E-state index in [9.17, 15) is 4.79 Å². The molecule has 1 atom stereocenters. The molecular formula is C13H16INO2. The lowest BCUT2D eigenvalue weighted by molar-refractivity contribution is -0.120. The van der Waals surface area contributed by atoms with Gasteiger partial charge in [-0.15, -0.1) is 0 Å². The van der Waals surface area contributed by atoms with Crippen LogP contribution in [0.15, 0.2) is 24.3 Å². The Balaban J connectivity index is 1.76. The van der Waals surface area contributed by atoms with Crippen molar-refractivity contribution in [3.63, 3.8) is 0 Å². The fraction of sp³-hybridized carbons (Fsp3) is 0.462. The van der Waals surface area contributed by atoms with Crippen molar-refractivity contribution in [3.8, 4) is 0 Å². The predicted molar refractivity (Wildman–Crippen MR) is 74.8 cm³/mol. The first-order valence-electron chi connectivity index (χ1n) is 5.87. The topological polar surface area (TPSA) is 38.3 Å². The van der Waals surface area contributed by atoms with Crippen molar-refractivity contribution in [1.29, 1.82) is 0 Å². The number of halogens is 1. The zero-order valence-electron chi connectivity index (χ0n) is 9.62. The van der Waals surface area contributed by atoms with Crippen molar-refractivity contribution < 1.29 is 9.53 Å². The molecule has 0 bridgehead atoms. The van der Waals surface area contributed by atoms with E-state index < -0.39 is 0 Å². The fourth-order valence-corrected chi connectivity index (χ4v) is 2.54. The molecule has 0 spiro atoms. The molecule has 4 heteroatoms. The summed E-state index contributed by atoms with van der Waals surface area (Å²) in [6.45, 7) is 1.47. The molecule has 2 rings (SSSR count). The minimum absolute atomic E-state index is 0.0718. The summed E-state index contributed by atoms with van der Waals surface area (Å²) in [5.41, 5.74) is 1.06. The molecule has 0 saturated carbocycles. The average Bonchev–Trinajstić information content (AvgIpc) is 2.79. The lowest BCUT2D eigenvalue weighted by atomic mass is 10.1. The number of amides is 1. The van der Waals surface area contributed by atoms with Crippen molar-refractivity contribution >= 4 is 28.5 Å². The molecule has 1 saturated heterocycles. The SMILES string of the molecule is O=C(Cc1cccc(I)c1)NC[C@@H]1CCCO1. The van der Waals surface area contributed by atoms with Crippen LogP contribution in [0.1, 0.15) is 18.4 Å². The first kappa shape index (κ1) is 12.8. The van der Waals surface area contributed by atoms with Gasteiger partial charge in [0.15, 0.2) is 0 Å². The van der Waals surface area contributed by atoms with Crippen molar-refractivity contribution in [2.24, 2.45) is 0 Å². The van der Waals surface area contributed by atoms with Gasteiger partial charge in [0.05, 0.1) is 12.5 Å². The molecule has 1 aliphatic heterocycles. The first-order valence-corrected chi connectivity index (χ1v) is 6.94. The van der Waals surface area contributed by atoms with E-state index in [0.717, 1.165) is 28.6 Å². The van der Waals surface area contributed by atoms with Crippen LogP contribution < -0.4 is 5.32 Å². The highest BCUT2D eigenvalue weighted by Crippen LogP contribution is 2.11. The third-order valence-electron chi connectivity index (χ3n) is 2.80. The lowest BCUT2D eigenvalue weighted by Gasteiger charge is -2.10. The number of carbonyl (C=O) groups is 1. The van der Waals surface area contributed by atoms with Crippen molar-refractivity contribution in [3.05, 3.63) is 33.4 Å². The number of ether oxygens (including phenoxy) is 1. The highest BCUT2D eigenvalue weighted by molar-refractivity contribution is 14.1. The Labute approximate surface area is 115 Å². The van der Waals surface area contributed by atoms with Crippen LogP contribution in [0.4, 0.5) is 0 Å². The molecule has 1 amide bonds. The second-order valence-corrected chi connectivity index (χ2v) is 5.49. The second-order valence-electron chi connectivity index (χ2n) is 4.25. The zero-order valence-corrected chi connectivity index (χ0v) is 11.8. The van der Waals surface area contributed by atoms with Crippen molar-refractivity contribution in [1.82, 2.24) is 5.32 Å². The fourth-order valence-electron chi connectivity index (χ4n) is 1.93. The summed E-state index contributed by atoms with van der Waals surface area (Å²) in [4.78, 5) is 11.7. The van der Waals surface area contributed by atoms with E-state index in [2.05, 4.69) is 27.9 Å². The average molecular weight is 345 g/mol. The predicted octanol–water partition coefficient (Wildman–Crippen LogP) is 2.13. The molecule has 17 heavy (non-hydrogen) atoms. The smallest absolute Gasteiger partial charge is 0.224 e. The van der Waals surface area contributed by atoms with Crippen LogP contribution in [-0.2, 0) is 16.0 Å². The van der Waals surface area contributed by atoms with Gasteiger partial charge in [-0.05, 0) is 53.1 Å². The summed E-state index contributed by atoms with van der Waals surface area (Å²) < 4.78 is 6.62. The Kier molecular flexibility index (Phi) is 4.79. The van der Waals surface area contributed by atoms with Crippen LogP contribution >= 0.6 is 22.6 Å². The first-order chi connectivity index (χ1) is 8.24. The van der Waals surface area contributed by atoms with Gasteiger partial charge in [0.2, 0.25) is 5.91 Å². The van der Waals surface area contributed by atoms with Gasteiger partial charge >= 0.3 is 0 Å². The minimum Gasteiger partial charge on any atom is -0.376 e. The molecule has 0 aliphatic carbocycles. The van der Waals surface area contributed by atoms with Gasteiger partial charge in [-0.1, -0.05) is 12.1 Å². The van der Waals surface area contributed by atoms with Crippen LogP contribution in [0.5, 0.6) is 0 Å². The van der Waals surface area contributed by atoms with Crippen LogP contribution in [0.3, 0.4) is 0 Å². The maximum Gasteiger partial charge on any atom is 0.224 e. The Bertz CT molecular complexity index is 389. The van der Waals surface area contributed by atoms with E-state index in [4.69, 9.17) is 4.74 Å². The van der Waals surface area contributed by atoms with Crippen LogP contribution in [0.2, 0.25) is 0 Å². The number of nitrogens with one attached hydrogen (secondary N) is 1. The molecule has 3 nitrogen and oxygen atoms in total. The highest BCUT2D eigenvalue weighted by atomic mass is 127. The van der Waals surface area contributed by atoms with E-state index in [-0.39, 0.29) is 12.0 Å². The minimum atomic E-state index is 0.0718. The Morgan fingerprint density at radius 2 is 2.41 bits per heavy atom. The number of benzene rings is 1. The molecule has 1 aromatic rings. The van der Waals surface area contributed by atoms with Crippen molar-refractivity contribution in [2.45, 2.75) is 25.4 Å². The molecule has 1 fully saturated rings. The number of rotatable bonds is 4. The van der Waals surface area contributed by atoms with Gasteiger partial charge in [0.25, 0.3) is 0 Å². The number of hydrogen-bond acceptors (Lipinski definition) is 2. The maximum atomic E-state index is 11.7. The van der Waals surface area contributed by atoms with Gasteiger partial charge < -0.3 is 10.1 Å². The summed E-state index contributed by atoms with van der Waals surface area (Å²) in [6, 6.07) is 8.01. The number of carbonyl (C=O) groups excluding carboxylic acids is 1. The zero-order chi connectivity index (χ0) is 12.1. The molecular weight excluding hydrogens is 329 g/mol. The third kappa shape index (κ3) is 4.27. The van der Waals surface area contributed by atoms with E-state index in [1.807, 2.05) is 24.3 Å². The van der Waals surface area contributed by atoms with E-state index in [0.29, 0.717) is 13.0 Å². The summed E-state index contributed by atoms with van der Waals surface area (Å²) in [6.07, 6.45) is 2.83. The van der Waals surface area contributed by atoms with E-state index >= 15 is 0 Å². The van der Waals surface area contributed by atoms with Gasteiger partial charge in [-0.25, -0.2) is 0 Å². The maximum absolute atomic E-state index is 11.7. The molecule has 1 heterocycles. The van der Waals surface area contributed by atoms with Gasteiger partial charge in [0.1, 0.15) is 0 Å². The molecule has 1 aromatic carbocycles. The van der Waals surface area contributed by atoms with E-state index in [1.165, 1.54) is 0 Å². The Hall–Kier alpha value is -0.620. The second kappa shape index (κ2) is 6.35. The Morgan fingerprint density at radius 1 is 1.53 bits per heavy atom. The van der Waals surface area contributed by atoms with E-state index in [1.54, 1.807) is 0 Å². The van der Waals surface area contributed by atoms with Crippen molar-refractivity contribution in [2.75, 3.05) is 13.2 Å². The van der Waals surface area contributed by atoms with Gasteiger partial charge in [-0.3, -0.25) is 4.79 Å². The molecule has 0 radical (unpaired) electrons. The molecule has 0 aromatic heterocycles. The largest absolute Gasteiger partial charge is 0.376 e. The number of hydrogen-bond donors (Lipinski definition) is 1. The molecule has 0 unspecified atom stereocenters. The molecule has 92 valence electrons. The standard InChI is InChI=1S/C13H16INO2/c14-11-4-1-3-10(7-11)8-13(16)15-9-12-5-2-6-17-12/h1,3-4,7,12H,2,5-6,8-9H2,(H,15,16)/t12-/m0/s1. The van der Waals surface area contributed by atoms with Gasteiger partial charge in [0, 0.05) is 16.7 Å². The summed E-state index contributed by atoms with van der Waals surface area (Å²) >= 11 is 2.25. The quantitative estimate of drug-likeness (QED) is 0.849. The lowest BCUT2D eigenvalue weighted by Crippen LogP contribution is -2.32. The van der Waals surface area contributed by atoms with Gasteiger partial charge in [-0.2, -0.15) is 0 Å². The molecule has 1 N–H and O–H groups in total. The molecule has 1 aliphatic rings. The van der Waals surface area contributed by atoms with Crippen LogP contribution in [0, 0.1) is 3.57 Å². The Morgan fingerprint density at radius 3 is 3.12 bits per heavy atom. The highest BCUT2D eigenvalue weighted by Gasteiger charge is 2.16. The monoisotopic (exact) mass is 345 g/mol. The summed E-state index contributed by atoms with van der Waals surface area (Å²) in [7, 11) is 0. The third-order valence-corrected chi connectivity index (χ3v) is 3.48. The van der Waals surface area contributed by atoms with Crippen LogP contribution in [-0.4, -0.2) is 25.2 Å². The normalized spacial score (nSPS) is 19.2. The summed E-state index contributed by atoms with van der Waals surface area (Å²) in [5.74, 6) is 0.0718.